The molecule has 4 nitrogen and oxygen atoms in total. The SMILES string of the molecule is O=[N+]([O-])c1ccc(C2CNC(=S)c3ccc(Cl)cc32)cc1. The summed E-state index contributed by atoms with van der Waals surface area (Å²) in [4.78, 5) is 11.0. The van der Waals surface area contributed by atoms with Crippen molar-refractivity contribution < 1.29 is 4.92 Å². The van der Waals surface area contributed by atoms with Gasteiger partial charge in [-0.15, -0.1) is 0 Å². The first-order chi connectivity index (χ1) is 10.1. The second kappa shape index (κ2) is 5.42. The van der Waals surface area contributed by atoms with Crippen LogP contribution in [0.1, 0.15) is 22.6 Å². The molecular formula is C15H11ClN2O2S. The van der Waals surface area contributed by atoms with Gasteiger partial charge in [0.15, 0.2) is 0 Å². The van der Waals surface area contributed by atoms with Crippen LogP contribution < -0.4 is 5.32 Å². The van der Waals surface area contributed by atoms with Crippen molar-refractivity contribution in [3.8, 4) is 0 Å². The maximum atomic E-state index is 10.7. The fraction of sp³-hybridized carbons (Fsp3) is 0.133. The molecule has 106 valence electrons. The Kier molecular flexibility index (Phi) is 3.61. The summed E-state index contributed by atoms with van der Waals surface area (Å²) in [5.74, 6) is 0.0752. The van der Waals surface area contributed by atoms with Crippen molar-refractivity contribution in [2.75, 3.05) is 6.54 Å². The third-order valence-electron chi connectivity index (χ3n) is 3.61. The van der Waals surface area contributed by atoms with E-state index in [9.17, 15) is 10.1 Å². The summed E-state index contributed by atoms with van der Waals surface area (Å²) in [7, 11) is 0. The molecule has 0 spiro atoms. The van der Waals surface area contributed by atoms with Crippen molar-refractivity contribution in [2.24, 2.45) is 0 Å². The van der Waals surface area contributed by atoms with Gasteiger partial charge in [0.2, 0.25) is 0 Å². The van der Waals surface area contributed by atoms with E-state index in [1.807, 2.05) is 18.2 Å². The highest BCUT2D eigenvalue weighted by molar-refractivity contribution is 7.80. The molecule has 6 heteroatoms. The zero-order chi connectivity index (χ0) is 15.0. The topological polar surface area (TPSA) is 55.2 Å². The monoisotopic (exact) mass is 318 g/mol. The molecule has 0 aromatic heterocycles. The van der Waals surface area contributed by atoms with Gasteiger partial charge in [0.1, 0.15) is 4.99 Å². The van der Waals surface area contributed by atoms with Crippen molar-refractivity contribution >= 4 is 34.5 Å². The van der Waals surface area contributed by atoms with Gasteiger partial charge in [-0.2, -0.15) is 0 Å². The number of nitro groups is 1. The molecule has 1 aliphatic rings. The summed E-state index contributed by atoms with van der Waals surface area (Å²) in [6, 6.07) is 12.2. The number of nitro benzene ring substituents is 1. The largest absolute Gasteiger partial charge is 0.375 e. The Morgan fingerprint density at radius 3 is 2.62 bits per heavy atom. The second-order valence-corrected chi connectivity index (χ2v) is 5.69. The summed E-state index contributed by atoms with van der Waals surface area (Å²) in [6.45, 7) is 0.657. The number of hydrogen-bond acceptors (Lipinski definition) is 3. The van der Waals surface area contributed by atoms with Crippen molar-refractivity contribution in [3.63, 3.8) is 0 Å². The number of halogens is 1. The predicted octanol–water partition coefficient (Wildman–Crippen LogP) is 3.66. The average molecular weight is 319 g/mol. The number of benzene rings is 2. The van der Waals surface area contributed by atoms with E-state index in [1.54, 1.807) is 12.1 Å². The van der Waals surface area contributed by atoms with Gasteiger partial charge in [-0.05, 0) is 23.3 Å². The lowest BCUT2D eigenvalue weighted by molar-refractivity contribution is -0.384. The Morgan fingerprint density at radius 1 is 1.24 bits per heavy atom. The van der Waals surface area contributed by atoms with Gasteiger partial charge in [0.25, 0.3) is 5.69 Å². The third-order valence-corrected chi connectivity index (χ3v) is 4.21. The maximum Gasteiger partial charge on any atom is 0.269 e. The molecule has 21 heavy (non-hydrogen) atoms. The van der Waals surface area contributed by atoms with Crippen molar-refractivity contribution in [2.45, 2.75) is 5.92 Å². The molecule has 1 unspecified atom stereocenters. The average Bonchev–Trinajstić information content (AvgIpc) is 2.47. The van der Waals surface area contributed by atoms with Crippen LogP contribution in [-0.4, -0.2) is 16.5 Å². The second-order valence-electron chi connectivity index (χ2n) is 4.84. The maximum absolute atomic E-state index is 10.7. The molecule has 0 aliphatic carbocycles. The summed E-state index contributed by atoms with van der Waals surface area (Å²) >= 11 is 11.4. The first kappa shape index (κ1) is 14.0. The van der Waals surface area contributed by atoms with Crippen LogP contribution in [-0.2, 0) is 0 Å². The predicted molar refractivity (Wildman–Crippen MR) is 86.1 cm³/mol. The minimum Gasteiger partial charge on any atom is -0.375 e. The fourth-order valence-corrected chi connectivity index (χ4v) is 3.00. The summed E-state index contributed by atoms with van der Waals surface area (Å²) in [5, 5.41) is 14.6. The van der Waals surface area contributed by atoms with Gasteiger partial charge in [-0.25, -0.2) is 0 Å². The van der Waals surface area contributed by atoms with Crippen LogP contribution in [0.2, 0.25) is 5.02 Å². The zero-order valence-corrected chi connectivity index (χ0v) is 12.4. The van der Waals surface area contributed by atoms with Crippen LogP contribution in [0.4, 0.5) is 5.69 Å². The molecule has 2 aromatic carbocycles. The Balaban J connectivity index is 2.04. The normalized spacial score (nSPS) is 17.0. The van der Waals surface area contributed by atoms with Crippen molar-refractivity contribution in [3.05, 3.63) is 74.3 Å². The number of hydrogen-bond donors (Lipinski definition) is 1. The lowest BCUT2D eigenvalue weighted by Crippen LogP contribution is -2.34. The third kappa shape index (κ3) is 2.62. The standard InChI is InChI=1S/C15H11ClN2O2S/c16-10-3-6-12-13(7-10)14(8-17-15(12)21)9-1-4-11(5-2-9)18(19)20/h1-7,14H,8H2,(H,17,21). The molecule has 1 aliphatic heterocycles. The fourth-order valence-electron chi connectivity index (χ4n) is 2.55. The van der Waals surface area contributed by atoms with Gasteiger partial charge < -0.3 is 5.32 Å². The van der Waals surface area contributed by atoms with Gasteiger partial charge in [0.05, 0.1) is 4.92 Å². The number of fused-ring (bicyclic) bond motifs is 1. The Labute approximate surface area is 131 Å². The molecule has 0 bridgehead atoms. The van der Waals surface area contributed by atoms with Gasteiger partial charge in [-0.3, -0.25) is 10.1 Å². The van der Waals surface area contributed by atoms with Crippen LogP contribution in [0.15, 0.2) is 42.5 Å². The van der Waals surface area contributed by atoms with Crippen LogP contribution in [0.25, 0.3) is 0 Å². The molecule has 0 amide bonds. The van der Waals surface area contributed by atoms with Gasteiger partial charge in [0, 0.05) is 35.2 Å². The molecule has 3 rings (SSSR count). The molecule has 0 fully saturated rings. The number of nitrogens with zero attached hydrogens (tertiary/aromatic N) is 1. The molecule has 1 N–H and O–H groups in total. The van der Waals surface area contributed by atoms with Crippen LogP contribution in [0.3, 0.4) is 0 Å². The van der Waals surface area contributed by atoms with E-state index in [-0.39, 0.29) is 11.6 Å². The first-order valence-electron chi connectivity index (χ1n) is 6.38. The van der Waals surface area contributed by atoms with E-state index >= 15 is 0 Å². The molecular weight excluding hydrogens is 308 g/mol. The summed E-state index contributed by atoms with van der Waals surface area (Å²) < 4.78 is 0. The van der Waals surface area contributed by atoms with E-state index in [0.29, 0.717) is 16.6 Å². The van der Waals surface area contributed by atoms with E-state index in [0.717, 1.165) is 16.7 Å². The first-order valence-corrected chi connectivity index (χ1v) is 7.17. The highest BCUT2D eigenvalue weighted by Gasteiger charge is 2.25. The van der Waals surface area contributed by atoms with Gasteiger partial charge >= 0.3 is 0 Å². The molecule has 2 aromatic rings. The lowest BCUT2D eigenvalue weighted by Gasteiger charge is -2.28. The summed E-state index contributed by atoms with van der Waals surface area (Å²) in [6.07, 6.45) is 0. The van der Waals surface area contributed by atoms with E-state index < -0.39 is 4.92 Å². The molecule has 1 heterocycles. The smallest absolute Gasteiger partial charge is 0.269 e. The minimum absolute atomic E-state index is 0.0752. The molecule has 0 radical (unpaired) electrons. The Bertz CT molecular complexity index is 731. The van der Waals surface area contributed by atoms with Crippen molar-refractivity contribution in [1.82, 2.24) is 5.32 Å². The van der Waals surface area contributed by atoms with Crippen LogP contribution >= 0.6 is 23.8 Å². The molecule has 1 atom stereocenters. The lowest BCUT2D eigenvalue weighted by atomic mass is 9.85. The van der Waals surface area contributed by atoms with Crippen LogP contribution in [0.5, 0.6) is 0 Å². The molecule has 0 saturated heterocycles. The van der Waals surface area contributed by atoms with E-state index in [2.05, 4.69) is 5.32 Å². The minimum atomic E-state index is -0.400. The molecule has 0 saturated carbocycles. The quantitative estimate of drug-likeness (QED) is 0.521. The highest BCUT2D eigenvalue weighted by Crippen LogP contribution is 2.33. The zero-order valence-electron chi connectivity index (χ0n) is 10.9. The highest BCUT2D eigenvalue weighted by atomic mass is 35.5. The van der Waals surface area contributed by atoms with Crippen molar-refractivity contribution in [1.29, 1.82) is 0 Å². The summed E-state index contributed by atoms with van der Waals surface area (Å²) in [5.41, 5.74) is 3.10. The Morgan fingerprint density at radius 2 is 1.95 bits per heavy atom. The van der Waals surface area contributed by atoms with Crippen LogP contribution in [0, 0.1) is 10.1 Å². The number of nitrogens with one attached hydrogen (secondary N) is 1. The van der Waals surface area contributed by atoms with E-state index in [4.69, 9.17) is 23.8 Å². The number of non-ortho nitro benzene ring substituents is 1. The number of thiocarbonyl (C=S) groups is 1. The van der Waals surface area contributed by atoms with Gasteiger partial charge in [-0.1, -0.05) is 42.0 Å². The Hall–Kier alpha value is -1.98. The number of rotatable bonds is 2. The van der Waals surface area contributed by atoms with E-state index in [1.165, 1.54) is 12.1 Å².